The van der Waals surface area contributed by atoms with Crippen LogP contribution in [0.15, 0.2) is 0 Å². The summed E-state index contributed by atoms with van der Waals surface area (Å²) in [4.78, 5) is 16.6. The number of carbonyl (C=O) groups is 1. The number of nitrogens with zero attached hydrogens (tertiary/aromatic N) is 2. The molecule has 0 radical (unpaired) electrons. The minimum absolute atomic E-state index is 0.252. The molecular weight excluding hydrogens is 226 g/mol. The minimum atomic E-state index is 0.252. The molecular formula is C14H27N3O. The number of hydrogen-bond acceptors (Lipinski definition) is 2. The molecule has 2 heterocycles. The van der Waals surface area contributed by atoms with Crippen LogP contribution in [-0.4, -0.2) is 48.6 Å². The van der Waals surface area contributed by atoms with Crippen LogP contribution in [0.5, 0.6) is 0 Å². The molecule has 0 aromatic carbocycles. The molecule has 4 heteroatoms. The van der Waals surface area contributed by atoms with Gasteiger partial charge in [0.1, 0.15) is 0 Å². The van der Waals surface area contributed by atoms with Crippen molar-refractivity contribution in [1.82, 2.24) is 9.80 Å². The van der Waals surface area contributed by atoms with Gasteiger partial charge in [0.15, 0.2) is 0 Å². The van der Waals surface area contributed by atoms with E-state index >= 15 is 0 Å². The lowest BCUT2D eigenvalue weighted by Gasteiger charge is -2.39. The molecule has 2 N–H and O–H groups in total. The first kappa shape index (κ1) is 13.7. The molecule has 0 bridgehead atoms. The van der Waals surface area contributed by atoms with Crippen molar-refractivity contribution in [2.45, 2.75) is 39.0 Å². The Morgan fingerprint density at radius 2 is 1.78 bits per heavy atom. The average molecular weight is 253 g/mol. The number of nitrogens with two attached hydrogens (primary N) is 1. The summed E-state index contributed by atoms with van der Waals surface area (Å²) in [6, 6.07) is 0.252. The molecule has 0 saturated carbocycles. The van der Waals surface area contributed by atoms with Gasteiger partial charge in [-0.15, -0.1) is 0 Å². The SMILES string of the molecule is CC1CCN(C(=O)N2CCCCCC2)CC1CN. The fraction of sp³-hybridized carbons (Fsp3) is 0.929. The van der Waals surface area contributed by atoms with E-state index in [-0.39, 0.29) is 6.03 Å². The number of amides is 2. The summed E-state index contributed by atoms with van der Waals surface area (Å²) in [6.45, 7) is 6.60. The lowest BCUT2D eigenvalue weighted by atomic mass is 9.87. The standard InChI is InChI=1S/C14H27N3O/c1-12-6-9-17(11-13(12)10-15)14(18)16-7-4-2-3-5-8-16/h12-13H,2-11,15H2,1H3. The van der Waals surface area contributed by atoms with Gasteiger partial charge < -0.3 is 15.5 Å². The second-order valence-electron chi connectivity index (χ2n) is 5.89. The van der Waals surface area contributed by atoms with Crippen LogP contribution in [0.4, 0.5) is 4.79 Å². The summed E-state index contributed by atoms with van der Waals surface area (Å²) >= 11 is 0. The van der Waals surface area contributed by atoms with Crippen molar-refractivity contribution in [1.29, 1.82) is 0 Å². The predicted molar refractivity (Wildman–Crippen MR) is 73.3 cm³/mol. The van der Waals surface area contributed by atoms with Crippen LogP contribution in [0.25, 0.3) is 0 Å². The van der Waals surface area contributed by atoms with E-state index in [1.54, 1.807) is 0 Å². The number of hydrogen-bond donors (Lipinski definition) is 1. The summed E-state index contributed by atoms with van der Waals surface area (Å²) in [5.41, 5.74) is 5.81. The Hall–Kier alpha value is -0.770. The molecule has 18 heavy (non-hydrogen) atoms. The molecule has 2 fully saturated rings. The molecule has 0 aliphatic carbocycles. The molecule has 2 aliphatic rings. The van der Waals surface area contributed by atoms with Crippen LogP contribution in [-0.2, 0) is 0 Å². The van der Waals surface area contributed by atoms with Crippen molar-refractivity contribution in [3.8, 4) is 0 Å². The van der Waals surface area contributed by atoms with Crippen LogP contribution in [0.3, 0.4) is 0 Å². The Bertz CT molecular complexity index is 274. The minimum Gasteiger partial charge on any atom is -0.330 e. The van der Waals surface area contributed by atoms with Gasteiger partial charge in [-0.2, -0.15) is 0 Å². The molecule has 0 aromatic rings. The van der Waals surface area contributed by atoms with Gasteiger partial charge in [0, 0.05) is 26.2 Å². The quantitative estimate of drug-likeness (QED) is 0.776. The van der Waals surface area contributed by atoms with Gasteiger partial charge in [-0.3, -0.25) is 0 Å². The van der Waals surface area contributed by atoms with E-state index in [1.807, 2.05) is 4.90 Å². The van der Waals surface area contributed by atoms with E-state index in [4.69, 9.17) is 5.73 Å². The van der Waals surface area contributed by atoms with Gasteiger partial charge >= 0.3 is 6.03 Å². The van der Waals surface area contributed by atoms with Crippen LogP contribution < -0.4 is 5.73 Å². The van der Waals surface area contributed by atoms with Crippen molar-refractivity contribution < 1.29 is 4.79 Å². The highest BCUT2D eigenvalue weighted by Gasteiger charge is 2.30. The normalized spacial score (nSPS) is 30.1. The van der Waals surface area contributed by atoms with Crippen molar-refractivity contribution in [2.24, 2.45) is 17.6 Å². The third kappa shape index (κ3) is 3.16. The molecule has 2 aliphatic heterocycles. The van der Waals surface area contributed by atoms with Crippen molar-refractivity contribution in [2.75, 3.05) is 32.7 Å². The monoisotopic (exact) mass is 253 g/mol. The summed E-state index contributed by atoms with van der Waals surface area (Å²) in [7, 11) is 0. The van der Waals surface area contributed by atoms with Crippen molar-refractivity contribution in [3.05, 3.63) is 0 Å². The summed E-state index contributed by atoms with van der Waals surface area (Å²) in [6.07, 6.45) is 5.96. The molecule has 0 spiro atoms. The maximum absolute atomic E-state index is 12.5. The van der Waals surface area contributed by atoms with E-state index in [2.05, 4.69) is 11.8 Å². The molecule has 0 aromatic heterocycles. The zero-order valence-electron chi connectivity index (χ0n) is 11.6. The van der Waals surface area contributed by atoms with E-state index in [0.717, 1.165) is 45.4 Å². The highest BCUT2D eigenvalue weighted by atomic mass is 16.2. The Morgan fingerprint density at radius 3 is 2.39 bits per heavy atom. The molecule has 4 nitrogen and oxygen atoms in total. The Morgan fingerprint density at radius 1 is 1.11 bits per heavy atom. The zero-order chi connectivity index (χ0) is 13.0. The predicted octanol–water partition coefficient (Wildman–Crippen LogP) is 1.90. The van der Waals surface area contributed by atoms with Crippen LogP contribution in [0, 0.1) is 11.8 Å². The summed E-state index contributed by atoms with van der Waals surface area (Å²) in [5.74, 6) is 1.14. The highest BCUT2D eigenvalue weighted by molar-refractivity contribution is 5.74. The van der Waals surface area contributed by atoms with Crippen molar-refractivity contribution in [3.63, 3.8) is 0 Å². The summed E-state index contributed by atoms with van der Waals surface area (Å²) in [5, 5.41) is 0. The smallest absolute Gasteiger partial charge is 0.320 e. The lowest BCUT2D eigenvalue weighted by Crippen LogP contribution is -2.50. The first-order chi connectivity index (χ1) is 8.72. The van der Waals surface area contributed by atoms with Gasteiger partial charge in [0.05, 0.1) is 0 Å². The number of piperidine rings is 1. The molecule has 2 rings (SSSR count). The van der Waals surface area contributed by atoms with Crippen molar-refractivity contribution >= 4 is 6.03 Å². The number of urea groups is 1. The fourth-order valence-electron chi connectivity index (χ4n) is 3.09. The molecule has 2 unspecified atom stereocenters. The van der Waals surface area contributed by atoms with Gasteiger partial charge in [-0.1, -0.05) is 19.8 Å². The van der Waals surface area contributed by atoms with E-state index < -0.39 is 0 Å². The number of carbonyl (C=O) groups excluding carboxylic acids is 1. The van der Waals surface area contributed by atoms with E-state index in [0.29, 0.717) is 18.4 Å². The number of likely N-dealkylation sites (tertiary alicyclic amines) is 2. The Labute approximate surface area is 110 Å². The second kappa shape index (κ2) is 6.41. The first-order valence-corrected chi connectivity index (χ1v) is 7.46. The van der Waals surface area contributed by atoms with E-state index in [9.17, 15) is 4.79 Å². The van der Waals surface area contributed by atoms with Gasteiger partial charge in [-0.25, -0.2) is 4.79 Å². The largest absolute Gasteiger partial charge is 0.330 e. The second-order valence-corrected chi connectivity index (χ2v) is 5.89. The lowest BCUT2D eigenvalue weighted by molar-refractivity contribution is 0.112. The number of rotatable bonds is 1. The average Bonchev–Trinajstić information content (AvgIpc) is 2.67. The zero-order valence-corrected chi connectivity index (χ0v) is 11.6. The summed E-state index contributed by atoms with van der Waals surface area (Å²) < 4.78 is 0. The van der Waals surface area contributed by atoms with Gasteiger partial charge in [0.25, 0.3) is 0 Å². The van der Waals surface area contributed by atoms with Crippen LogP contribution in [0.1, 0.15) is 39.0 Å². The fourth-order valence-corrected chi connectivity index (χ4v) is 3.09. The maximum Gasteiger partial charge on any atom is 0.320 e. The van der Waals surface area contributed by atoms with E-state index in [1.165, 1.54) is 12.8 Å². The highest BCUT2D eigenvalue weighted by Crippen LogP contribution is 2.23. The van der Waals surface area contributed by atoms with Crippen LogP contribution >= 0.6 is 0 Å². The van der Waals surface area contributed by atoms with Gasteiger partial charge in [-0.05, 0) is 37.6 Å². The van der Waals surface area contributed by atoms with Crippen LogP contribution in [0.2, 0.25) is 0 Å². The molecule has 2 saturated heterocycles. The Kier molecular flexibility index (Phi) is 4.87. The topological polar surface area (TPSA) is 49.6 Å². The molecule has 2 amide bonds. The third-order valence-corrected chi connectivity index (χ3v) is 4.56. The third-order valence-electron chi connectivity index (χ3n) is 4.56. The molecule has 2 atom stereocenters. The van der Waals surface area contributed by atoms with Gasteiger partial charge in [0.2, 0.25) is 0 Å². The Balaban J connectivity index is 1.91. The molecule has 104 valence electrons. The first-order valence-electron chi connectivity index (χ1n) is 7.46. The maximum atomic E-state index is 12.5.